The number of carbonyl (C=O) groups excluding carboxylic acids is 1. The van der Waals surface area contributed by atoms with Crippen molar-refractivity contribution in [3.63, 3.8) is 0 Å². The molecule has 0 radical (unpaired) electrons. The summed E-state index contributed by atoms with van der Waals surface area (Å²) in [5, 5.41) is 23.9. The molecule has 0 bridgehead atoms. The number of alkyl halides is 3. The number of nitrogens with one attached hydrogen (secondary N) is 1. The van der Waals surface area contributed by atoms with Crippen molar-refractivity contribution in [2.45, 2.75) is 57.9 Å². The highest BCUT2D eigenvalue weighted by molar-refractivity contribution is 6.33. The molecule has 1 aliphatic rings. The number of aliphatic hydroxyl groups is 1. The predicted molar refractivity (Wildman–Crippen MR) is 152 cm³/mol. The van der Waals surface area contributed by atoms with Gasteiger partial charge in [-0.15, -0.1) is 10.2 Å². The van der Waals surface area contributed by atoms with Crippen LogP contribution in [-0.4, -0.2) is 43.7 Å². The molecule has 1 fully saturated rings. The maximum absolute atomic E-state index is 13.8. The van der Waals surface area contributed by atoms with Gasteiger partial charge in [0.25, 0.3) is 5.56 Å². The van der Waals surface area contributed by atoms with Crippen LogP contribution in [0.1, 0.15) is 55.1 Å². The Morgan fingerprint density at radius 1 is 1.07 bits per heavy atom. The van der Waals surface area contributed by atoms with Crippen LogP contribution in [-0.2, 0) is 23.0 Å². The summed E-state index contributed by atoms with van der Waals surface area (Å²) in [5.41, 5.74) is 0.451. The van der Waals surface area contributed by atoms with Crippen molar-refractivity contribution in [1.82, 2.24) is 19.6 Å². The monoisotopic (exact) mass is 638 g/mol. The molecule has 9 nitrogen and oxygen atoms in total. The highest BCUT2D eigenvalue weighted by Crippen LogP contribution is 2.34. The SMILES string of the molecule is Cc1c(CC(=O)Nc2ccc(C(F)(F)F)cc2Cl)c2nn(-c3ccc(C(C)(C)O)cc3)nc2c(=O)n1C1CC[NH2+]CC1.[Cl-]. The Hall–Kier alpha value is -3.45. The number of halogens is 5. The Kier molecular flexibility index (Phi) is 9.27. The van der Waals surface area contributed by atoms with Gasteiger partial charge in [-0.2, -0.15) is 18.0 Å². The van der Waals surface area contributed by atoms with Gasteiger partial charge in [-0.05, 0) is 56.7 Å². The number of amides is 1. The summed E-state index contributed by atoms with van der Waals surface area (Å²) in [7, 11) is 0. The summed E-state index contributed by atoms with van der Waals surface area (Å²) in [5.74, 6) is -0.535. The molecule has 0 aliphatic carbocycles. The summed E-state index contributed by atoms with van der Waals surface area (Å²) in [6.45, 7) is 6.83. The molecule has 0 saturated carbocycles. The van der Waals surface area contributed by atoms with Gasteiger partial charge in [-0.1, -0.05) is 23.7 Å². The second-order valence-corrected chi connectivity index (χ2v) is 11.5. The van der Waals surface area contributed by atoms with Gasteiger partial charge in [-0.25, -0.2) is 0 Å². The van der Waals surface area contributed by atoms with E-state index in [1.165, 1.54) is 4.80 Å². The molecule has 4 aromatic rings. The zero-order valence-electron chi connectivity index (χ0n) is 23.7. The lowest BCUT2D eigenvalue weighted by atomic mass is 9.98. The number of carbonyl (C=O) groups is 1. The van der Waals surface area contributed by atoms with E-state index in [1.807, 2.05) is 0 Å². The summed E-state index contributed by atoms with van der Waals surface area (Å²) in [6, 6.07) is 9.59. The van der Waals surface area contributed by atoms with Gasteiger partial charge in [-0.3, -0.25) is 9.59 Å². The fourth-order valence-corrected chi connectivity index (χ4v) is 5.55. The van der Waals surface area contributed by atoms with Crippen molar-refractivity contribution in [1.29, 1.82) is 0 Å². The van der Waals surface area contributed by atoms with Crippen LogP contribution in [0.3, 0.4) is 0 Å². The van der Waals surface area contributed by atoms with Crippen LogP contribution in [0.4, 0.5) is 18.9 Å². The lowest BCUT2D eigenvalue weighted by Crippen LogP contribution is -3.00. The molecule has 0 unspecified atom stereocenters. The number of fused-ring (bicyclic) bond motifs is 1. The van der Waals surface area contributed by atoms with E-state index in [-0.39, 0.29) is 52.2 Å². The maximum Gasteiger partial charge on any atom is 0.416 e. The van der Waals surface area contributed by atoms with Crippen LogP contribution < -0.4 is 28.6 Å². The molecular weight excluding hydrogens is 608 g/mol. The van der Waals surface area contributed by atoms with E-state index < -0.39 is 23.2 Å². The van der Waals surface area contributed by atoms with E-state index >= 15 is 0 Å². The fourth-order valence-electron chi connectivity index (χ4n) is 5.32. The van der Waals surface area contributed by atoms with Crippen molar-refractivity contribution >= 4 is 34.2 Å². The van der Waals surface area contributed by atoms with Gasteiger partial charge in [0.15, 0.2) is 5.52 Å². The smallest absolute Gasteiger partial charge is 0.416 e. The molecule has 2 aromatic carbocycles. The lowest BCUT2D eigenvalue weighted by Gasteiger charge is -2.25. The molecule has 4 N–H and O–H groups in total. The van der Waals surface area contributed by atoms with Crippen LogP contribution in [0.2, 0.25) is 5.02 Å². The Bertz CT molecular complexity index is 1710. The fraction of sp³-hybridized carbons (Fsp3) is 0.379. The number of benzene rings is 2. The minimum absolute atomic E-state index is 0. The van der Waals surface area contributed by atoms with Gasteiger partial charge in [0.1, 0.15) is 5.52 Å². The molecule has 1 amide bonds. The van der Waals surface area contributed by atoms with E-state index in [4.69, 9.17) is 11.6 Å². The Morgan fingerprint density at radius 3 is 2.26 bits per heavy atom. The number of aromatic nitrogens is 4. The quantitative estimate of drug-likeness (QED) is 0.290. The standard InChI is InChI=1S/C29H30ClF3N6O3.ClH/c1-16-21(15-24(40)35-23-9-6-18(14-22(23)30)29(31,32)33)25-26(27(41)38(16)19-10-12-34-13-11-19)37-39(36-25)20-7-4-17(5-8-20)28(2,3)42;/h4-9,14,19,34,42H,10-13,15H2,1-3H3,(H,35,40);1H. The van der Waals surface area contributed by atoms with Gasteiger partial charge >= 0.3 is 6.18 Å². The molecule has 0 spiro atoms. The summed E-state index contributed by atoms with van der Waals surface area (Å²) in [6.07, 6.45) is -3.24. The van der Waals surface area contributed by atoms with E-state index in [0.29, 0.717) is 22.5 Å². The maximum atomic E-state index is 13.8. The summed E-state index contributed by atoms with van der Waals surface area (Å²) in [4.78, 5) is 28.3. The second-order valence-electron chi connectivity index (χ2n) is 11.0. The predicted octanol–water partition coefficient (Wildman–Crippen LogP) is 0.874. The van der Waals surface area contributed by atoms with Crippen LogP contribution in [0, 0.1) is 6.92 Å². The van der Waals surface area contributed by atoms with Gasteiger partial charge in [0, 0.05) is 30.1 Å². The zero-order valence-corrected chi connectivity index (χ0v) is 25.2. The minimum Gasteiger partial charge on any atom is -1.00 e. The number of piperidine rings is 1. The van der Waals surface area contributed by atoms with E-state index in [2.05, 4.69) is 20.8 Å². The number of pyridine rings is 1. The number of hydrogen-bond donors (Lipinski definition) is 3. The average molecular weight is 640 g/mol. The molecule has 1 saturated heterocycles. The van der Waals surface area contributed by atoms with Crippen molar-refractivity contribution < 1.29 is 40.8 Å². The van der Waals surface area contributed by atoms with Gasteiger partial charge in [0.05, 0.1) is 47.1 Å². The Labute approximate surface area is 256 Å². The topological polar surface area (TPSA) is 119 Å². The van der Waals surface area contributed by atoms with Crippen molar-refractivity contribution in [2.75, 3.05) is 18.4 Å². The Morgan fingerprint density at radius 2 is 1.67 bits per heavy atom. The second kappa shape index (κ2) is 12.3. The molecule has 3 heterocycles. The molecule has 2 aromatic heterocycles. The number of hydrogen-bond acceptors (Lipinski definition) is 5. The van der Waals surface area contributed by atoms with E-state index in [9.17, 15) is 27.9 Å². The first-order chi connectivity index (χ1) is 19.7. The largest absolute Gasteiger partial charge is 1.00 e. The van der Waals surface area contributed by atoms with Crippen LogP contribution in [0.15, 0.2) is 47.3 Å². The summed E-state index contributed by atoms with van der Waals surface area (Å²) >= 11 is 6.06. The normalized spacial score (nSPS) is 14.5. The molecule has 0 atom stereocenters. The van der Waals surface area contributed by atoms with Crippen molar-refractivity contribution in [2.24, 2.45) is 0 Å². The number of rotatable bonds is 6. The zero-order chi connectivity index (χ0) is 30.4. The molecule has 230 valence electrons. The lowest BCUT2D eigenvalue weighted by molar-refractivity contribution is -0.664. The van der Waals surface area contributed by atoms with E-state index in [0.717, 1.165) is 44.1 Å². The molecule has 43 heavy (non-hydrogen) atoms. The van der Waals surface area contributed by atoms with E-state index in [1.54, 1.807) is 49.6 Å². The number of nitrogens with zero attached hydrogens (tertiary/aromatic N) is 4. The van der Waals surface area contributed by atoms with Crippen molar-refractivity contribution in [3.8, 4) is 5.69 Å². The third kappa shape index (κ3) is 6.72. The third-order valence-electron chi connectivity index (χ3n) is 7.60. The minimum atomic E-state index is -4.57. The van der Waals surface area contributed by atoms with Gasteiger partial charge in [0.2, 0.25) is 5.91 Å². The molecule has 14 heteroatoms. The third-order valence-corrected chi connectivity index (χ3v) is 7.92. The highest BCUT2D eigenvalue weighted by Gasteiger charge is 2.31. The van der Waals surface area contributed by atoms with Crippen molar-refractivity contribution in [3.05, 3.63) is 80.2 Å². The molecule has 1 aliphatic heterocycles. The van der Waals surface area contributed by atoms with Crippen LogP contribution in [0.5, 0.6) is 0 Å². The highest BCUT2D eigenvalue weighted by atomic mass is 35.5. The summed E-state index contributed by atoms with van der Waals surface area (Å²) < 4.78 is 40.9. The number of nitrogens with two attached hydrogens (primary N) is 1. The van der Waals surface area contributed by atoms with Gasteiger partial charge < -0.3 is 32.7 Å². The Balaban J connectivity index is 0.00000423. The number of quaternary nitrogens is 1. The number of anilines is 1. The average Bonchev–Trinajstić information content (AvgIpc) is 3.38. The van der Waals surface area contributed by atoms with Crippen LogP contribution in [0.25, 0.3) is 16.7 Å². The molecule has 5 rings (SSSR count). The molecular formula is C29H31Cl2F3N6O3. The first kappa shape index (κ1) is 32.5. The first-order valence-corrected chi connectivity index (χ1v) is 13.9. The van der Waals surface area contributed by atoms with Crippen LogP contribution >= 0.6 is 11.6 Å². The first-order valence-electron chi connectivity index (χ1n) is 13.6.